The van der Waals surface area contributed by atoms with E-state index in [-0.39, 0.29) is 23.9 Å². The second-order valence-corrected chi connectivity index (χ2v) is 17.3. The van der Waals surface area contributed by atoms with Crippen LogP contribution in [0.1, 0.15) is 32.3 Å². The molecule has 1 saturated carbocycles. The Hall–Kier alpha value is -5.80. The fourth-order valence-electron chi connectivity index (χ4n) is 5.63. The van der Waals surface area contributed by atoms with Crippen LogP contribution in [0.4, 0.5) is 32.0 Å². The summed E-state index contributed by atoms with van der Waals surface area (Å²) in [6, 6.07) is 36.4. The molecule has 1 N–H and O–H groups in total. The van der Waals surface area contributed by atoms with Gasteiger partial charge in [0.15, 0.2) is 9.84 Å². The van der Waals surface area contributed by atoms with Crippen LogP contribution < -0.4 is 14.2 Å². The number of sulfonamides is 1. The number of benzene rings is 6. The molecule has 0 bridgehead atoms. The molecular weight excluding hydrogens is 805 g/mol. The molecule has 0 spiro atoms. The number of nitrogens with one attached hydrogen (secondary N) is 1. The topological polar surface area (TPSA) is 98.8 Å². The smallest absolute Gasteiger partial charge is 0.416 e. The van der Waals surface area contributed by atoms with Gasteiger partial charge in [0.05, 0.1) is 27.0 Å². The van der Waals surface area contributed by atoms with E-state index in [4.69, 9.17) is 9.47 Å². The van der Waals surface area contributed by atoms with Gasteiger partial charge in [-0.1, -0.05) is 60.7 Å². The lowest BCUT2D eigenvalue weighted by Crippen LogP contribution is -2.14. The normalized spacial score (nSPS) is 13.2. The number of halogens is 6. The van der Waals surface area contributed by atoms with Crippen LogP contribution in [0.25, 0.3) is 22.3 Å². The highest BCUT2D eigenvalue weighted by Crippen LogP contribution is 2.39. The third kappa shape index (κ3) is 10.6. The molecule has 6 aromatic rings. The Labute approximate surface area is 333 Å². The molecule has 1 aliphatic rings. The predicted molar refractivity (Wildman–Crippen MR) is 212 cm³/mol. The molecule has 0 heterocycles. The molecule has 0 atom stereocenters. The summed E-state index contributed by atoms with van der Waals surface area (Å²) in [6.45, 7) is 1.55. The van der Waals surface area contributed by atoms with Crippen molar-refractivity contribution in [2.45, 2.75) is 42.3 Å². The highest BCUT2D eigenvalue weighted by atomic mass is 32.2. The number of hydrogen-bond acceptors (Lipinski definition) is 6. The summed E-state index contributed by atoms with van der Waals surface area (Å²) in [5.74, 6) is 1.45. The van der Waals surface area contributed by atoms with E-state index >= 15 is 0 Å². The van der Waals surface area contributed by atoms with E-state index in [9.17, 15) is 43.2 Å². The van der Waals surface area contributed by atoms with Crippen LogP contribution in [0.15, 0.2) is 150 Å². The number of rotatable bonds is 11. The third-order valence-corrected chi connectivity index (χ3v) is 12.5. The predicted octanol–water partition coefficient (Wildman–Crippen LogP) is 12.3. The molecule has 1 aliphatic carbocycles. The van der Waals surface area contributed by atoms with Crippen molar-refractivity contribution in [2.24, 2.45) is 0 Å². The quantitative estimate of drug-likeness (QED) is 0.130. The summed E-state index contributed by atoms with van der Waals surface area (Å²) in [4.78, 5) is 0.296. The molecule has 0 aliphatic heterocycles. The molecule has 0 unspecified atom stereocenters. The lowest BCUT2D eigenvalue weighted by atomic mass is 10.0. The van der Waals surface area contributed by atoms with E-state index in [1.165, 1.54) is 24.3 Å². The van der Waals surface area contributed by atoms with Gasteiger partial charge < -0.3 is 9.47 Å². The van der Waals surface area contributed by atoms with E-state index in [0.717, 1.165) is 41.0 Å². The molecule has 7 rings (SSSR count). The van der Waals surface area contributed by atoms with Crippen LogP contribution in [-0.2, 0) is 32.2 Å². The van der Waals surface area contributed by atoms with E-state index in [1.807, 2.05) is 24.3 Å². The molecule has 7 nitrogen and oxygen atoms in total. The third-order valence-electron chi connectivity index (χ3n) is 8.90. The fraction of sp³-hybridized carbons (Fsp3) is 0.163. The van der Waals surface area contributed by atoms with Crippen molar-refractivity contribution in [1.29, 1.82) is 0 Å². The summed E-state index contributed by atoms with van der Waals surface area (Å²) in [5, 5.41) is -0.274. The molecule has 6 aromatic carbocycles. The summed E-state index contributed by atoms with van der Waals surface area (Å²) in [7, 11) is -6.63. The van der Waals surface area contributed by atoms with Gasteiger partial charge in [-0.05, 0) is 116 Å². The lowest BCUT2D eigenvalue weighted by Gasteiger charge is -2.13. The van der Waals surface area contributed by atoms with Crippen molar-refractivity contribution in [3.63, 3.8) is 0 Å². The number of alkyl halides is 6. The molecule has 304 valence electrons. The Bertz CT molecular complexity index is 2560. The Morgan fingerprint density at radius 2 is 0.966 bits per heavy atom. The van der Waals surface area contributed by atoms with Crippen LogP contribution in [0.2, 0.25) is 0 Å². The van der Waals surface area contributed by atoms with Gasteiger partial charge in [0.1, 0.15) is 23.0 Å². The Morgan fingerprint density at radius 1 is 0.569 bits per heavy atom. The van der Waals surface area contributed by atoms with E-state index in [1.54, 1.807) is 79.7 Å². The van der Waals surface area contributed by atoms with Crippen molar-refractivity contribution >= 4 is 25.5 Å². The Kier molecular flexibility index (Phi) is 12.2. The highest BCUT2D eigenvalue weighted by molar-refractivity contribution is 7.92. The molecule has 0 amide bonds. The molecule has 0 saturated heterocycles. The standard InChI is InChI=1S/C22H17F3O3S.C21H18F3NO3S.H2/c23-22(24,25)16-7-9-17(10-8-16)28-21-4-2-1-3-20(21)15-5-11-18(12-6-15)29(26,27)19-13-14-19;1-2-29(26,27)25-17-11-7-15(8-12-17)19-5-3-4-6-20(19)28-18-13-9-16(10-14-18)21(22,23)24;/h1-12,19H,13-14H2;3-14,25H,2H2,1H3;1H. The van der Waals surface area contributed by atoms with E-state index in [2.05, 4.69) is 4.72 Å². The molecule has 0 radical (unpaired) electrons. The second-order valence-electron chi connectivity index (χ2n) is 13.1. The van der Waals surface area contributed by atoms with Gasteiger partial charge >= 0.3 is 12.4 Å². The molecular formula is C43H37F6NO6S2. The zero-order valence-corrected chi connectivity index (χ0v) is 32.2. The average molecular weight is 842 g/mol. The largest absolute Gasteiger partial charge is 0.457 e. The van der Waals surface area contributed by atoms with Gasteiger partial charge in [0.25, 0.3) is 0 Å². The van der Waals surface area contributed by atoms with E-state index in [0.29, 0.717) is 40.5 Å². The first-order chi connectivity index (χ1) is 27.4. The van der Waals surface area contributed by atoms with Crippen molar-refractivity contribution < 1.29 is 54.1 Å². The van der Waals surface area contributed by atoms with Gasteiger partial charge in [-0.15, -0.1) is 0 Å². The molecule has 1 fully saturated rings. The minimum Gasteiger partial charge on any atom is -0.457 e. The van der Waals surface area contributed by atoms with Crippen LogP contribution >= 0.6 is 0 Å². The van der Waals surface area contributed by atoms with Crippen LogP contribution in [0.3, 0.4) is 0 Å². The van der Waals surface area contributed by atoms with E-state index < -0.39 is 43.3 Å². The van der Waals surface area contributed by atoms with Crippen molar-refractivity contribution in [3.8, 4) is 45.3 Å². The Balaban J connectivity index is 0.000000220. The second kappa shape index (κ2) is 17.0. The number of anilines is 1. The molecule has 58 heavy (non-hydrogen) atoms. The summed E-state index contributed by atoms with van der Waals surface area (Å²) >= 11 is 0. The zero-order valence-electron chi connectivity index (χ0n) is 30.6. The van der Waals surface area contributed by atoms with Crippen molar-refractivity contribution in [1.82, 2.24) is 0 Å². The summed E-state index contributed by atoms with van der Waals surface area (Å²) in [5.41, 5.74) is 1.90. The van der Waals surface area contributed by atoms with Crippen molar-refractivity contribution in [2.75, 3.05) is 10.5 Å². The van der Waals surface area contributed by atoms with Gasteiger partial charge in [0.2, 0.25) is 10.0 Å². The van der Waals surface area contributed by atoms with Crippen LogP contribution in [0.5, 0.6) is 23.0 Å². The minimum atomic E-state index is -4.41. The number of sulfone groups is 1. The van der Waals surface area contributed by atoms with Crippen LogP contribution in [-0.4, -0.2) is 27.8 Å². The first kappa shape index (κ1) is 41.8. The lowest BCUT2D eigenvalue weighted by molar-refractivity contribution is -0.138. The Morgan fingerprint density at radius 3 is 1.34 bits per heavy atom. The van der Waals surface area contributed by atoms with Crippen LogP contribution in [0, 0.1) is 0 Å². The number of hydrogen-bond donors (Lipinski definition) is 1. The van der Waals surface area contributed by atoms with Gasteiger partial charge in [0, 0.05) is 18.2 Å². The molecule has 0 aromatic heterocycles. The first-order valence-electron chi connectivity index (χ1n) is 17.8. The van der Waals surface area contributed by atoms with Gasteiger partial charge in [-0.3, -0.25) is 4.72 Å². The monoisotopic (exact) mass is 841 g/mol. The van der Waals surface area contributed by atoms with Gasteiger partial charge in [-0.25, -0.2) is 16.8 Å². The average Bonchev–Trinajstić information content (AvgIpc) is 4.06. The number of ether oxygens (including phenoxy) is 2. The maximum absolute atomic E-state index is 12.7. The maximum atomic E-state index is 12.7. The summed E-state index contributed by atoms with van der Waals surface area (Å²) in [6.07, 6.45) is -7.40. The molecule has 15 heteroatoms. The first-order valence-corrected chi connectivity index (χ1v) is 21.0. The minimum absolute atomic E-state index is 0. The summed E-state index contributed by atoms with van der Waals surface area (Å²) < 4.78 is 138. The SMILES string of the molecule is CCS(=O)(=O)Nc1ccc(-c2ccccc2Oc2ccc(C(F)(F)F)cc2)cc1.O=S(=O)(c1ccc(-c2ccccc2Oc2ccc(C(F)(F)F)cc2)cc1)C1CC1.[HH]. The van der Waals surface area contributed by atoms with Crippen molar-refractivity contribution in [3.05, 3.63) is 157 Å². The maximum Gasteiger partial charge on any atom is 0.416 e. The van der Waals surface area contributed by atoms with Gasteiger partial charge in [-0.2, -0.15) is 26.3 Å². The highest BCUT2D eigenvalue weighted by Gasteiger charge is 2.37. The zero-order chi connectivity index (χ0) is 41.7. The fourth-order valence-corrected chi connectivity index (χ4v) is 7.93. The number of para-hydroxylation sites is 2.